The van der Waals surface area contributed by atoms with Crippen molar-refractivity contribution in [1.29, 1.82) is 0 Å². The predicted molar refractivity (Wildman–Crippen MR) is 79.8 cm³/mol. The average molecular weight is 297 g/mol. The van der Waals surface area contributed by atoms with Crippen LogP contribution in [0.5, 0.6) is 0 Å². The molecule has 0 atom stereocenters. The number of carbonyl (C=O) groups excluding carboxylic acids is 1. The molecular formula is C17H12FNO3. The second-order valence-electron chi connectivity index (χ2n) is 4.93. The Hall–Kier alpha value is -2.95. The van der Waals surface area contributed by atoms with Gasteiger partial charge in [0.1, 0.15) is 5.82 Å². The Morgan fingerprint density at radius 3 is 2.50 bits per heavy atom. The van der Waals surface area contributed by atoms with Crippen LogP contribution in [0, 0.1) is 12.7 Å². The van der Waals surface area contributed by atoms with Crippen LogP contribution in [0.2, 0.25) is 0 Å². The van der Waals surface area contributed by atoms with Crippen molar-refractivity contribution in [3.63, 3.8) is 0 Å². The molecule has 1 N–H and O–H groups in total. The van der Waals surface area contributed by atoms with E-state index in [-0.39, 0.29) is 11.1 Å². The molecule has 1 aromatic heterocycles. The van der Waals surface area contributed by atoms with Gasteiger partial charge in [-0.1, -0.05) is 24.3 Å². The van der Waals surface area contributed by atoms with Gasteiger partial charge >= 0.3 is 5.97 Å². The van der Waals surface area contributed by atoms with Crippen LogP contribution in [-0.4, -0.2) is 21.6 Å². The molecule has 0 bridgehead atoms. The lowest BCUT2D eigenvalue weighted by molar-refractivity contribution is 0.0698. The highest BCUT2D eigenvalue weighted by Gasteiger charge is 2.23. The van der Waals surface area contributed by atoms with E-state index < -0.39 is 17.7 Å². The smallest absolute Gasteiger partial charge is 0.338 e. The summed E-state index contributed by atoms with van der Waals surface area (Å²) < 4.78 is 14.6. The minimum absolute atomic E-state index is 0.0837. The van der Waals surface area contributed by atoms with Gasteiger partial charge in [-0.2, -0.15) is 0 Å². The Morgan fingerprint density at radius 2 is 1.82 bits per heavy atom. The van der Waals surface area contributed by atoms with E-state index in [9.17, 15) is 19.1 Å². The van der Waals surface area contributed by atoms with Crippen LogP contribution in [0.3, 0.4) is 0 Å². The Labute approximate surface area is 125 Å². The molecule has 0 spiro atoms. The van der Waals surface area contributed by atoms with E-state index in [1.165, 1.54) is 22.8 Å². The van der Waals surface area contributed by atoms with Gasteiger partial charge in [-0.25, -0.2) is 9.18 Å². The lowest BCUT2D eigenvalue weighted by atomic mass is 10.1. The molecule has 5 heteroatoms. The molecule has 0 saturated carbocycles. The number of carbonyl (C=O) groups is 2. The molecule has 22 heavy (non-hydrogen) atoms. The van der Waals surface area contributed by atoms with Crippen LogP contribution in [0.1, 0.15) is 26.4 Å². The highest BCUT2D eigenvalue weighted by Crippen LogP contribution is 2.26. The average Bonchev–Trinajstić information content (AvgIpc) is 2.78. The minimum atomic E-state index is -1.10. The normalized spacial score (nSPS) is 10.8. The van der Waals surface area contributed by atoms with Gasteiger partial charge in [-0.15, -0.1) is 0 Å². The van der Waals surface area contributed by atoms with Crippen LogP contribution in [0.15, 0.2) is 48.5 Å². The van der Waals surface area contributed by atoms with Crippen molar-refractivity contribution in [2.24, 2.45) is 0 Å². The van der Waals surface area contributed by atoms with E-state index in [0.717, 1.165) is 6.07 Å². The quantitative estimate of drug-likeness (QED) is 0.788. The Bertz CT molecular complexity index is 911. The molecule has 0 aliphatic rings. The van der Waals surface area contributed by atoms with E-state index in [4.69, 9.17) is 0 Å². The third kappa shape index (κ3) is 2.07. The minimum Gasteiger partial charge on any atom is -0.478 e. The number of para-hydroxylation sites is 1. The number of hydrogen-bond donors (Lipinski definition) is 1. The third-order valence-electron chi connectivity index (χ3n) is 3.60. The maximum absolute atomic E-state index is 13.3. The van der Waals surface area contributed by atoms with Crippen molar-refractivity contribution >= 4 is 22.8 Å². The summed E-state index contributed by atoms with van der Waals surface area (Å²) in [6, 6.07) is 12.1. The summed E-state index contributed by atoms with van der Waals surface area (Å²) in [7, 11) is 0. The summed E-state index contributed by atoms with van der Waals surface area (Å²) in [5.41, 5.74) is 1.07. The molecule has 0 amide bonds. The van der Waals surface area contributed by atoms with Gasteiger partial charge < -0.3 is 5.11 Å². The van der Waals surface area contributed by atoms with Crippen molar-refractivity contribution in [2.45, 2.75) is 6.92 Å². The molecule has 1 heterocycles. The van der Waals surface area contributed by atoms with E-state index in [2.05, 4.69) is 0 Å². The SMILES string of the molecule is Cc1c(C(=O)O)c2ccccc2n1C(=O)c1cccc(F)c1. The second-order valence-corrected chi connectivity index (χ2v) is 4.93. The predicted octanol–water partition coefficient (Wildman–Crippen LogP) is 3.48. The first-order valence-electron chi connectivity index (χ1n) is 6.64. The number of halogens is 1. The van der Waals surface area contributed by atoms with Crippen LogP contribution in [-0.2, 0) is 0 Å². The van der Waals surface area contributed by atoms with Crippen LogP contribution in [0.25, 0.3) is 10.9 Å². The zero-order chi connectivity index (χ0) is 15.9. The molecular weight excluding hydrogens is 285 g/mol. The highest BCUT2D eigenvalue weighted by atomic mass is 19.1. The number of nitrogens with zero attached hydrogens (tertiary/aromatic N) is 1. The van der Waals surface area contributed by atoms with Crippen molar-refractivity contribution in [3.8, 4) is 0 Å². The van der Waals surface area contributed by atoms with Crippen LogP contribution in [0.4, 0.5) is 4.39 Å². The summed E-state index contributed by atoms with van der Waals surface area (Å²) in [5.74, 6) is -2.07. The molecule has 3 aromatic rings. The molecule has 3 rings (SSSR count). The van der Waals surface area contributed by atoms with Crippen LogP contribution < -0.4 is 0 Å². The van der Waals surface area contributed by atoms with Gasteiger partial charge in [0.15, 0.2) is 0 Å². The number of benzene rings is 2. The number of aromatic carboxylic acids is 1. The van der Waals surface area contributed by atoms with Gasteiger partial charge in [0, 0.05) is 16.6 Å². The van der Waals surface area contributed by atoms with Crippen LogP contribution >= 0.6 is 0 Å². The molecule has 0 radical (unpaired) electrons. The third-order valence-corrected chi connectivity index (χ3v) is 3.60. The standard InChI is InChI=1S/C17H12FNO3/c1-10-15(17(21)22)13-7-2-3-8-14(13)19(10)16(20)11-5-4-6-12(18)9-11/h2-9H,1H3,(H,21,22). The molecule has 0 saturated heterocycles. The van der Waals surface area contributed by atoms with Gasteiger partial charge in [-0.3, -0.25) is 9.36 Å². The molecule has 0 aliphatic carbocycles. The molecule has 0 aliphatic heterocycles. The van der Waals surface area contributed by atoms with Gasteiger partial charge in [0.2, 0.25) is 0 Å². The van der Waals surface area contributed by atoms with Crippen molar-refractivity contribution in [1.82, 2.24) is 4.57 Å². The zero-order valence-corrected chi connectivity index (χ0v) is 11.7. The maximum atomic E-state index is 13.3. The van der Waals surface area contributed by atoms with Crippen molar-refractivity contribution < 1.29 is 19.1 Å². The van der Waals surface area contributed by atoms with E-state index in [1.54, 1.807) is 31.2 Å². The van der Waals surface area contributed by atoms with E-state index in [1.807, 2.05) is 0 Å². The molecule has 0 fully saturated rings. The van der Waals surface area contributed by atoms with Gasteiger partial charge in [0.05, 0.1) is 11.1 Å². The first kappa shape index (κ1) is 14.0. The summed E-state index contributed by atoms with van der Waals surface area (Å²) in [4.78, 5) is 24.2. The topological polar surface area (TPSA) is 59.3 Å². The van der Waals surface area contributed by atoms with E-state index in [0.29, 0.717) is 16.6 Å². The number of carboxylic acids is 1. The highest BCUT2D eigenvalue weighted by molar-refractivity contribution is 6.11. The summed E-state index contributed by atoms with van der Waals surface area (Å²) in [5, 5.41) is 9.87. The van der Waals surface area contributed by atoms with Crippen molar-refractivity contribution in [2.75, 3.05) is 0 Å². The monoisotopic (exact) mass is 297 g/mol. The number of aromatic nitrogens is 1. The fraction of sp³-hybridized carbons (Fsp3) is 0.0588. The van der Waals surface area contributed by atoms with Crippen molar-refractivity contribution in [3.05, 3.63) is 71.2 Å². The largest absolute Gasteiger partial charge is 0.478 e. The Balaban J connectivity index is 2.29. The molecule has 2 aromatic carbocycles. The zero-order valence-electron chi connectivity index (χ0n) is 11.7. The van der Waals surface area contributed by atoms with Gasteiger partial charge in [-0.05, 0) is 31.2 Å². The molecule has 110 valence electrons. The Kier molecular flexibility index (Phi) is 3.25. The first-order chi connectivity index (χ1) is 10.5. The Morgan fingerprint density at radius 1 is 1.09 bits per heavy atom. The number of carboxylic acid groups (broad SMARTS) is 1. The molecule has 4 nitrogen and oxygen atoms in total. The lowest BCUT2D eigenvalue weighted by Crippen LogP contribution is -2.14. The first-order valence-corrected chi connectivity index (χ1v) is 6.64. The summed E-state index contributed by atoms with van der Waals surface area (Å²) >= 11 is 0. The summed E-state index contributed by atoms with van der Waals surface area (Å²) in [6.45, 7) is 1.57. The van der Waals surface area contributed by atoms with E-state index >= 15 is 0 Å². The van der Waals surface area contributed by atoms with Gasteiger partial charge in [0.25, 0.3) is 5.91 Å². The molecule has 0 unspecified atom stereocenters. The maximum Gasteiger partial charge on any atom is 0.338 e. The number of fused-ring (bicyclic) bond motifs is 1. The summed E-state index contributed by atoms with van der Waals surface area (Å²) in [6.07, 6.45) is 0. The lowest BCUT2D eigenvalue weighted by Gasteiger charge is -2.07. The number of hydrogen-bond acceptors (Lipinski definition) is 2. The fourth-order valence-corrected chi connectivity index (χ4v) is 2.65. The fourth-order valence-electron chi connectivity index (χ4n) is 2.65. The second kappa shape index (κ2) is 5.11. The number of rotatable bonds is 2.